The number of nitrogens with one attached hydrogen (secondary N) is 1. The summed E-state index contributed by atoms with van der Waals surface area (Å²) in [5.41, 5.74) is 8.74. The molecule has 0 amide bonds. The Morgan fingerprint density at radius 2 is 1.95 bits per heavy atom. The van der Waals surface area contributed by atoms with Crippen LogP contribution in [0.3, 0.4) is 0 Å². The van der Waals surface area contributed by atoms with Crippen molar-refractivity contribution in [1.29, 1.82) is 0 Å². The van der Waals surface area contributed by atoms with Gasteiger partial charge >= 0.3 is 5.97 Å². The van der Waals surface area contributed by atoms with Crippen molar-refractivity contribution in [3.8, 4) is 0 Å². The second kappa shape index (κ2) is 5.52. The standard InChI is InChI=1S/C16H20N2O3/c1-8-5-12(7-14(15(8)17)16(19)20)18-10(3)13-6-9(2)21-11(13)4/h5-7,10,18H,17H2,1-4H3,(H,19,20). The molecular weight excluding hydrogens is 268 g/mol. The number of hydrogen-bond donors (Lipinski definition) is 3. The molecule has 1 aromatic carbocycles. The van der Waals surface area contributed by atoms with Crippen molar-refractivity contribution in [3.05, 3.63) is 46.4 Å². The van der Waals surface area contributed by atoms with Crippen LogP contribution in [0.1, 0.15) is 46.0 Å². The third-order valence-corrected chi connectivity index (χ3v) is 3.55. The first-order chi connectivity index (χ1) is 9.79. The summed E-state index contributed by atoms with van der Waals surface area (Å²) in [4.78, 5) is 11.2. The van der Waals surface area contributed by atoms with E-state index >= 15 is 0 Å². The molecule has 0 bridgehead atoms. The van der Waals surface area contributed by atoms with Gasteiger partial charge in [-0.3, -0.25) is 0 Å². The van der Waals surface area contributed by atoms with Crippen molar-refractivity contribution < 1.29 is 14.3 Å². The summed E-state index contributed by atoms with van der Waals surface area (Å²) in [6.07, 6.45) is 0. The number of rotatable bonds is 4. The molecular formula is C16H20N2O3. The van der Waals surface area contributed by atoms with E-state index in [-0.39, 0.29) is 11.6 Å². The summed E-state index contributed by atoms with van der Waals surface area (Å²) in [7, 11) is 0. The quantitative estimate of drug-likeness (QED) is 0.747. The average molecular weight is 288 g/mol. The highest BCUT2D eigenvalue weighted by atomic mass is 16.4. The lowest BCUT2D eigenvalue weighted by Crippen LogP contribution is -2.10. The molecule has 0 aliphatic heterocycles. The Kier molecular flexibility index (Phi) is 3.93. The van der Waals surface area contributed by atoms with Crippen LogP contribution < -0.4 is 11.1 Å². The topological polar surface area (TPSA) is 88.5 Å². The molecule has 0 fully saturated rings. The fourth-order valence-electron chi connectivity index (χ4n) is 2.47. The Labute approximate surface area is 123 Å². The van der Waals surface area contributed by atoms with Crippen molar-refractivity contribution in [2.24, 2.45) is 0 Å². The Morgan fingerprint density at radius 1 is 1.29 bits per heavy atom. The first-order valence-corrected chi connectivity index (χ1v) is 6.76. The van der Waals surface area contributed by atoms with E-state index in [9.17, 15) is 9.90 Å². The molecule has 5 nitrogen and oxygen atoms in total. The fourth-order valence-corrected chi connectivity index (χ4v) is 2.47. The van der Waals surface area contributed by atoms with Crippen molar-refractivity contribution in [3.63, 3.8) is 0 Å². The minimum absolute atomic E-state index is 0.00659. The van der Waals surface area contributed by atoms with Gasteiger partial charge in [0, 0.05) is 16.9 Å². The SMILES string of the molecule is Cc1cc(C(C)Nc2cc(C)c(N)c(C(=O)O)c2)c(C)o1. The van der Waals surface area contributed by atoms with Gasteiger partial charge in [0.15, 0.2) is 0 Å². The smallest absolute Gasteiger partial charge is 0.337 e. The van der Waals surface area contributed by atoms with Crippen LogP contribution in [0.2, 0.25) is 0 Å². The monoisotopic (exact) mass is 288 g/mol. The highest BCUT2D eigenvalue weighted by molar-refractivity contribution is 5.95. The summed E-state index contributed by atoms with van der Waals surface area (Å²) in [5, 5.41) is 12.5. The zero-order valence-corrected chi connectivity index (χ0v) is 12.7. The molecule has 0 spiro atoms. The number of hydrogen-bond acceptors (Lipinski definition) is 4. The molecule has 2 aromatic rings. The van der Waals surface area contributed by atoms with Crippen molar-refractivity contribution >= 4 is 17.3 Å². The molecule has 1 heterocycles. The molecule has 0 saturated carbocycles. The van der Waals surface area contributed by atoms with Gasteiger partial charge in [0.1, 0.15) is 11.5 Å². The molecule has 1 unspecified atom stereocenters. The molecule has 4 N–H and O–H groups in total. The molecule has 112 valence electrons. The molecule has 0 saturated heterocycles. The average Bonchev–Trinajstić information content (AvgIpc) is 2.72. The van der Waals surface area contributed by atoms with Crippen LogP contribution in [0, 0.1) is 20.8 Å². The molecule has 5 heteroatoms. The number of anilines is 2. The van der Waals surface area contributed by atoms with E-state index in [0.717, 1.165) is 28.3 Å². The van der Waals surface area contributed by atoms with Gasteiger partial charge < -0.3 is 20.6 Å². The predicted octanol–water partition coefficient (Wildman–Crippen LogP) is 3.66. The lowest BCUT2D eigenvalue weighted by Gasteiger charge is -2.17. The van der Waals surface area contributed by atoms with Gasteiger partial charge in [-0.15, -0.1) is 0 Å². The van der Waals surface area contributed by atoms with E-state index in [0.29, 0.717) is 5.69 Å². The van der Waals surface area contributed by atoms with E-state index in [1.165, 1.54) is 0 Å². The molecule has 2 rings (SSSR count). The minimum Gasteiger partial charge on any atom is -0.478 e. The van der Waals surface area contributed by atoms with Gasteiger partial charge in [-0.2, -0.15) is 0 Å². The van der Waals surface area contributed by atoms with Gasteiger partial charge in [-0.25, -0.2) is 4.79 Å². The summed E-state index contributed by atoms with van der Waals surface area (Å²) >= 11 is 0. The molecule has 0 aliphatic carbocycles. The van der Waals surface area contributed by atoms with Crippen LogP contribution >= 0.6 is 0 Å². The molecule has 21 heavy (non-hydrogen) atoms. The third-order valence-electron chi connectivity index (χ3n) is 3.55. The number of carbonyl (C=O) groups is 1. The van der Waals surface area contributed by atoms with Crippen molar-refractivity contribution in [2.75, 3.05) is 11.1 Å². The first kappa shape index (κ1) is 15.0. The normalized spacial score (nSPS) is 12.2. The van der Waals surface area contributed by atoms with Gasteiger partial charge in [-0.05, 0) is 51.5 Å². The van der Waals surface area contributed by atoms with Crippen molar-refractivity contribution in [1.82, 2.24) is 0 Å². The summed E-state index contributed by atoms with van der Waals surface area (Å²) in [5.74, 6) is 0.691. The zero-order chi connectivity index (χ0) is 15.7. The van der Waals surface area contributed by atoms with E-state index in [1.54, 1.807) is 13.0 Å². The number of furan rings is 1. The van der Waals surface area contributed by atoms with Gasteiger partial charge in [-0.1, -0.05) is 0 Å². The zero-order valence-electron chi connectivity index (χ0n) is 12.7. The van der Waals surface area contributed by atoms with Crippen molar-refractivity contribution in [2.45, 2.75) is 33.7 Å². The Bertz CT molecular complexity index is 689. The molecule has 1 atom stereocenters. The second-order valence-electron chi connectivity index (χ2n) is 5.29. The lowest BCUT2D eigenvalue weighted by atomic mass is 10.0. The Hall–Kier alpha value is -2.43. The van der Waals surface area contributed by atoms with Crippen LogP contribution in [0.4, 0.5) is 11.4 Å². The maximum absolute atomic E-state index is 11.2. The van der Waals surface area contributed by atoms with E-state index in [1.807, 2.05) is 32.9 Å². The third kappa shape index (κ3) is 3.02. The van der Waals surface area contributed by atoms with Crippen LogP contribution in [-0.2, 0) is 0 Å². The van der Waals surface area contributed by atoms with Crippen LogP contribution in [0.25, 0.3) is 0 Å². The number of nitrogen functional groups attached to an aromatic ring is 1. The second-order valence-corrected chi connectivity index (χ2v) is 5.29. The van der Waals surface area contributed by atoms with E-state index in [2.05, 4.69) is 5.32 Å². The molecule has 1 aromatic heterocycles. The number of benzene rings is 1. The minimum atomic E-state index is -1.03. The Morgan fingerprint density at radius 3 is 2.48 bits per heavy atom. The maximum atomic E-state index is 11.2. The van der Waals surface area contributed by atoms with E-state index in [4.69, 9.17) is 10.2 Å². The van der Waals surface area contributed by atoms with Gasteiger partial charge in [0.05, 0.1) is 11.6 Å². The first-order valence-electron chi connectivity index (χ1n) is 6.76. The van der Waals surface area contributed by atoms with Crippen LogP contribution in [-0.4, -0.2) is 11.1 Å². The number of carboxylic acids is 1. The largest absolute Gasteiger partial charge is 0.478 e. The highest BCUT2D eigenvalue weighted by Crippen LogP contribution is 2.28. The Balaban J connectivity index is 2.31. The van der Waals surface area contributed by atoms with Crippen LogP contribution in [0.15, 0.2) is 22.6 Å². The summed E-state index contributed by atoms with van der Waals surface area (Å²) in [6.45, 7) is 7.62. The predicted molar refractivity (Wildman–Crippen MR) is 82.8 cm³/mol. The fraction of sp³-hybridized carbons (Fsp3) is 0.312. The number of aryl methyl sites for hydroxylation is 3. The number of nitrogens with two attached hydrogens (primary N) is 1. The van der Waals surface area contributed by atoms with E-state index < -0.39 is 5.97 Å². The summed E-state index contributed by atoms with van der Waals surface area (Å²) < 4.78 is 5.52. The summed E-state index contributed by atoms with van der Waals surface area (Å²) in [6, 6.07) is 5.39. The number of carboxylic acid groups (broad SMARTS) is 1. The van der Waals surface area contributed by atoms with Crippen LogP contribution in [0.5, 0.6) is 0 Å². The molecule has 0 radical (unpaired) electrons. The molecule has 0 aliphatic rings. The highest BCUT2D eigenvalue weighted by Gasteiger charge is 2.15. The van der Waals surface area contributed by atoms with Gasteiger partial charge in [0.2, 0.25) is 0 Å². The van der Waals surface area contributed by atoms with Gasteiger partial charge in [0.25, 0.3) is 0 Å². The lowest BCUT2D eigenvalue weighted by molar-refractivity contribution is 0.0698. The maximum Gasteiger partial charge on any atom is 0.337 e. The number of aromatic carboxylic acids is 1.